The first-order valence-electron chi connectivity index (χ1n) is 9.42. The average Bonchev–Trinajstić information content (AvgIpc) is 3.37. The highest BCUT2D eigenvalue weighted by atomic mass is 16.2. The summed E-state index contributed by atoms with van der Waals surface area (Å²) < 4.78 is 1.79. The molecule has 0 radical (unpaired) electrons. The first kappa shape index (κ1) is 16.8. The van der Waals surface area contributed by atoms with E-state index in [9.17, 15) is 10.1 Å². The Hall–Kier alpha value is -2.61. The van der Waals surface area contributed by atoms with Gasteiger partial charge in [-0.1, -0.05) is 30.3 Å². The minimum Gasteiger partial charge on any atom is -0.338 e. The summed E-state index contributed by atoms with van der Waals surface area (Å²) in [6, 6.07) is 12.4. The van der Waals surface area contributed by atoms with Gasteiger partial charge in [0.25, 0.3) is 0 Å². The zero-order chi connectivity index (χ0) is 18.1. The molecular weight excluding hydrogens is 324 g/mol. The number of amides is 1. The van der Waals surface area contributed by atoms with E-state index >= 15 is 0 Å². The van der Waals surface area contributed by atoms with Gasteiger partial charge in [-0.3, -0.25) is 9.48 Å². The fourth-order valence-corrected chi connectivity index (χ4v) is 4.30. The van der Waals surface area contributed by atoms with Crippen LogP contribution in [-0.4, -0.2) is 33.2 Å². The number of rotatable bonds is 4. The number of hydrogen-bond donors (Lipinski definition) is 0. The second kappa shape index (κ2) is 6.95. The summed E-state index contributed by atoms with van der Waals surface area (Å²) in [5.74, 6) is 0.307. The molecule has 0 unspecified atom stereocenters. The lowest BCUT2D eigenvalue weighted by Gasteiger charge is -2.38. The smallest absolute Gasteiger partial charge is 0.226 e. The van der Waals surface area contributed by atoms with Crippen molar-refractivity contribution in [2.75, 3.05) is 6.54 Å². The molecule has 0 spiro atoms. The van der Waals surface area contributed by atoms with Gasteiger partial charge in [-0.05, 0) is 42.7 Å². The van der Waals surface area contributed by atoms with Crippen molar-refractivity contribution >= 4 is 5.91 Å². The number of aryl methyl sites for hydroxylation is 1. The number of aromatic nitrogens is 2. The topological polar surface area (TPSA) is 61.9 Å². The van der Waals surface area contributed by atoms with Crippen LogP contribution in [-0.2, 0) is 11.8 Å². The van der Waals surface area contributed by atoms with Crippen molar-refractivity contribution in [3.8, 4) is 6.07 Å². The van der Waals surface area contributed by atoms with E-state index in [1.807, 2.05) is 54.7 Å². The molecule has 4 atom stereocenters. The Morgan fingerprint density at radius 2 is 2.12 bits per heavy atom. The van der Waals surface area contributed by atoms with Gasteiger partial charge in [0.2, 0.25) is 5.91 Å². The number of nitriles is 1. The summed E-state index contributed by atoms with van der Waals surface area (Å²) >= 11 is 0. The predicted molar refractivity (Wildman–Crippen MR) is 98.2 cm³/mol. The molecule has 1 amide bonds. The van der Waals surface area contributed by atoms with Crippen molar-refractivity contribution in [1.82, 2.24) is 14.7 Å². The number of likely N-dealkylation sites (tertiary alicyclic amines) is 1. The summed E-state index contributed by atoms with van der Waals surface area (Å²) in [4.78, 5) is 15.2. The molecule has 0 N–H and O–H groups in total. The van der Waals surface area contributed by atoms with Crippen molar-refractivity contribution < 1.29 is 4.79 Å². The molecule has 5 heteroatoms. The highest BCUT2D eigenvalue weighted by Crippen LogP contribution is 2.49. The van der Waals surface area contributed by atoms with Gasteiger partial charge < -0.3 is 4.90 Å². The average molecular weight is 348 g/mol. The molecule has 5 nitrogen and oxygen atoms in total. The Labute approximate surface area is 154 Å². The summed E-state index contributed by atoms with van der Waals surface area (Å²) in [5, 5.41) is 14.0. The highest BCUT2D eigenvalue weighted by molar-refractivity contribution is 5.83. The van der Waals surface area contributed by atoms with Crippen molar-refractivity contribution in [1.29, 1.82) is 5.26 Å². The van der Waals surface area contributed by atoms with Gasteiger partial charge >= 0.3 is 0 Å². The maximum absolute atomic E-state index is 13.2. The molecule has 2 fully saturated rings. The van der Waals surface area contributed by atoms with E-state index in [1.54, 1.807) is 4.68 Å². The fourth-order valence-electron chi connectivity index (χ4n) is 4.30. The molecule has 1 aliphatic carbocycles. The first-order valence-corrected chi connectivity index (χ1v) is 9.42. The van der Waals surface area contributed by atoms with Gasteiger partial charge in [0, 0.05) is 25.7 Å². The van der Waals surface area contributed by atoms with E-state index in [4.69, 9.17) is 0 Å². The summed E-state index contributed by atoms with van der Waals surface area (Å²) in [6.45, 7) is 0.769. The van der Waals surface area contributed by atoms with E-state index in [2.05, 4.69) is 11.2 Å². The van der Waals surface area contributed by atoms with Gasteiger partial charge in [-0.15, -0.1) is 0 Å². The number of carbonyl (C=O) groups excluding carboxylic acids is 1. The maximum Gasteiger partial charge on any atom is 0.226 e. The Bertz CT molecular complexity index is 822. The molecule has 1 saturated heterocycles. The number of benzene rings is 1. The molecule has 1 aromatic carbocycles. The molecule has 1 saturated carbocycles. The molecule has 2 heterocycles. The zero-order valence-electron chi connectivity index (χ0n) is 15.1. The fraction of sp³-hybridized carbons (Fsp3) is 0.476. The first-order chi connectivity index (χ1) is 12.7. The summed E-state index contributed by atoms with van der Waals surface area (Å²) in [6.07, 6.45) is 7.79. The van der Waals surface area contributed by atoms with E-state index in [0.29, 0.717) is 0 Å². The van der Waals surface area contributed by atoms with Crippen LogP contribution in [0.25, 0.3) is 0 Å². The summed E-state index contributed by atoms with van der Waals surface area (Å²) in [7, 11) is 1.90. The lowest BCUT2D eigenvalue weighted by Crippen LogP contribution is -2.47. The van der Waals surface area contributed by atoms with Crippen LogP contribution >= 0.6 is 0 Å². The second-order valence-corrected chi connectivity index (χ2v) is 7.51. The van der Waals surface area contributed by atoms with Gasteiger partial charge in [0.05, 0.1) is 24.2 Å². The van der Waals surface area contributed by atoms with Crippen LogP contribution in [0.15, 0.2) is 42.7 Å². The van der Waals surface area contributed by atoms with Crippen LogP contribution in [0.1, 0.15) is 48.6 Å². The largest absolute Gasteiger partial charge is 0.338 e. The Morgan fingerprint density at radius 1 is 1.31 bits per heavy atom. The summed E-state index contributed by atoms with van der Waals surface area (Å²) in [5.41, 5.74) is 2.17. The van der Waals surface area contributed by atoms with Crippen LogP contribution < -0.4 is 0 Å². The molecule has 2 aliphatic rings. The van der Waals surface area contributed by atoms with Gasteiger partial charge in [0.15, 0.2) is 0 Å². The van der Waals surface area contributed by atoms with Crippen molar-refractivity contribution in [3.05, 3.63) is 53.9 Å². The van der Waals surface area contributed by atoms with Crippen LogP contribution in [0, 0.1) is 17.2 Å². The molecule has 1 aromatic heterocycles. The highest BCUT2D eigenvalue weighted by Gasteiger charge is 2.48. The van der Waals surface area contributed by atoms with E-state index < -0.39 is 0 Å². The third kappa shape index (κ3) is 3.12. The van der Waals surface area contributed by atoms with Crippen molar-refractivity contribution in [3.63, 3.8) is 0 Å². The van der Waals surface area contributed by atoms with Crippen molar-refractivity contribution in [2.45, 2.75) is 43.6 Å². The van der Waals surface area contributed by atoms with Crippen LogP contribution in [0.3, 0.4) is 0 Å². The third-order valence-corrected chi connectivity index (χ3v) is 5.78. The van der Waals surface area contributed by atoms with E-state index in [1.165, 1.54) is 0 Å². The molecule has 2 aromatic rings. The standard InChI is InChI=1S/C21H24N4O/c1-24-14-16(13-23-24)17-11-18(17)21(26)25-10-6-5-9-20(25)19(12-22)15-7-3-2-4-8-15/h2-4,7-8,13-14,17-20H,5-6,9-11H2,1H3/t17-,18-,19-,20-/m0/s1. The number of carbonyl (C=O) groups is 1. The van der Waals surface area contributed by atoms with Crippen LogP contribution in [0.5, 0.6) is 0 Å². The van der Waals surface area contributed by atoms with Crippen LogP contribution in [0.2, 0.25) is 0 Å². The van der Waals surface area contributed by atoms with Crippen molar-refractivity contribution in [2.24, 2.45) is 13.0 Å². The number of piperidine rings is 1. The second-order valence-electron chi connectivity index (χ2n) is 7.51. The van der Waals surface area contributed by atoms with E-state index in [-0.39, 0.29) is 29.7 Å². The minimum absolute atomic E-state index is 0.0150. The normalized spacial score (nSPS) is 26.2. The predicted octanol–water partition coefficient (Wildman–Crippen LogP) is 3.21. The Morgan fingerprint density at radius 3 is 2.81 bits per heavy atom. The monoisotopic (exact) mass is 348 g/mol. The Kier molecular flexibility index (Phi) is 4.50. The lowest BCUT2D eigenvalue weighted by atomic mass is 9.86. The molecule has 1 aliphatic heterocycles. The molecule has 134 valence electrons. The molecule has 26 heavy (non-hydrogen) atoms. The van der Waals surface area contributed by atoms with Gasteiger partial charge in [0.1, 0.15) is 0 Å². The quantitative estimate of drug-likeness (QED) is 0.852. The van der Waals surface area contributed by atoms with Gasteiger partial charge in [-0.2, -0.15) is 10.4 Å². The van der Waals surface area contributed by atoms with E-state index in [0.717, 1.165) is 43.4 Å². The number of hydrogen-bond acceptors (Lipinski definition) is 3. The minimum atomic E-state index is -0.254. The zero-order valence-corrected chi connectivity index (χ0v) is 15.1. The third-order valence-electron chi connectivity index (χ3n) is 5.78. The maximum atomic E-state index is 13.2. The molecular formula is C21H24N4O. The van der Waals surface area contributed by atoms with Gasteiger partial charge in [-0.25, -0.2) is 0 Å². The SMILES string of the molecule is Cn1cc([C@@H]2C[C@@H]2C(=O)N2CCCC[C@H]2[C@@H](C#N)c2ccccc2)cn1. The number of nitrogens with zero attached hydrogens (tertiary/aromatic N) is 4. The lowest BCUT2D eigenvalue weighted by molar-refractivity contribution is -0.136. The molecule has 0 bridgehead atoms. The Balaban J connectivity index is 1.52. The molecule has 4 rings (SSSR count). The van der Waals surface area contributed by atoms with Crippen LogP contribution in [0.4, 0.5) is 0 Å².